The van der Waals surface area contributed by atoms with Gasteiger partial charge >= 0.3 is 6.18 Å². The van der Waals surface area contributed by atoms with Gasteiger partial charge in [0.25, 0.3) is 0 Å². The van der Waals surface area contributed by atoms with E-state index in [9.17, 15) is 22.8 Å². The van der Waals surface area contributed by atoms with E-state index >= 15 is 0 Å². The van der Waals surface area contributed by atoms with Crippen molar-refractivity contribution in [3.63, 3.8) is 0 Å². The summed E-state index contributed by atoms with van der Waals surface area (Å²) in [6.45, 7) is 2.24. The van der Waals surface area contributed by atoms with Gasteiger partial charge in [0.15, 0.2) is 0 Å². The maximum absolute atomic E-state index is 12.5. The number of halogens is 4. The highest BCUT2D eigenvalue weighted by Gasteiger charge is 2.45. The summed E-state index contributed by atoms with van der Waals surface area (Å²) >= 11 is 0. The van der Waals surface area contributed by atoms with Crippen molar-refractivity contribution in [1.82, 2.24) is 16.0 Å². The SMILES string of the molecule is Cl.O=C(NCC1CCCNC1)C1CCC(C(F)(F)F)NC1=O. The van der Waals surface area contributed by atoms with Gasteiger partial charge in [-0.25, -0.2) is 0 Å². The molecule has 2 aliphatic heterocycles. The molecule has 2 fully saturated rings. The molecule has 5 nitrogen and oxygen atoms in total. The van der Waals surface area contributed by atoms with Crippen molar-refractivity contribution in [2.75, 3.05) is 19.6 Å². The Balaban J connectivity index is 0.00000242. The number of amides is 2. The van der Waals surface area contributed by atoms with Crippen molar-refractivity contribution in [3.05, 3.63) is 0 Å². The maximum Gasteiger partial charge on any atom is 0.408 e. The smallest absolute Gasteiger partial charge is 0.355 e. The highest BCUT2D eigenvalue weighted by molar-refractivity contribution is 6.00. The summed E-state index contributed by atoms with van der Waals surface area (Å²) in [4.78, 5) is 23.6. The molecule has 22 heavy (non-hydrogen) atoms. The lowest BCUT2D eigenvalue weighted by atomic mass is 9.92. The van der Waals surface area contributed by atoms with Gasteiger partial charge in [0.2, 0.25) is 11.8 Å². The van der Waals surface area contributed by atoms with Crippen molar-refractivity contribution in [1.29, 1.82) is 0 Å². The van der Waals surface area contributed by atoms with Gasteiger partial charge < -0.3 is 16.0 Å². The van der Waals surface area contributed by atoms with Crippen molar-refractivity contribution in [3.8, 4) is 0 Å². The molecular weight excluding hydrogens is 323 g/mol. The molecule has 0 saturated carbocycles. The van der Waals surface area contributed by atoms with Crippen LogP contribution in [0.25, 0.3) is 0 Å². The minimum Gasteiger partial charge on any atom is -0.355 e. The fraction of sp³-hybridized carbons (Fsp3) is 0.846. The molecule has 3 atom stereocenters. The monoisotopic (exact) mass is 343 g/mol. The number of carbonyl (C=O) groups is 2. The van der Waals surface area contributed by atoms with Crippen LogP contribution in [0, 0.1) is 11.8 Å². The molecule has 2 heterocycles. The molecule has 9 heteroatoms. The number of piperidine rings is 2. The van der Waals surface area contributed by atoms with Crippen LogP contribution in [0.5, 0.6) is 0 Å². The summed E-state index contributed by atoms with van der Waals surface area (Å²) in [6.07, 6.45) is -2.73. The zero-order chi connectivity index (χ0) is 15.5. The maximum atomic E-state index is 12.5. The van der Waals surface area contributed by atoms with Crippen LogP contribution in [-0.4, -0.2) is 43.7 Å². The molecular formula is C13H21ClF3N3O2. The molecule has 0 bridgehead atoms. The number of hydrogen-bond acceptors (Lipinski definition) is 3. The van der Waals surface area contributed by atoms with Crippen LogP contribution in [-0.2, 0) is 9.59 Å². The number of nitrogens with one attached hydrogen (secondary N) is 3. The predicted molar refractivity (Wildman–Crippen MR) is 76.6 cm³/mol. The first-order valence-corrected chi connectivity index (χ1v) is 7.23. The van der Waals surface area contributed by atoms with Crippen LogP contribution in [0.4, 0.5) is 13.2 Å². The fourth-order valence-corrected chi connectivity index (χ4v) is 2.77. The summed E-state index contributed by atoms with van der Waals surface area (Å²) in [5, 5.41) is 7.79. The van der Waals surface area contributed by atoms with Crippen molar-refractivity contribution < 1.29 is 22.8 Å². The van der Waals surface area contributed by atoms with E-state index in [1.54, 1.807) is 0 Å². The molecule has 2 saturated heterocycles. The Morgan fingerprint density at radius 3 is 2.55 bits per heavy atom. The van der Waals surface area contributed by atoms with Crippen LogP contribution in [0.1, 0.15) is 25.7 Å². The first-order valence-electron chi connectivity index (χ1n) is 7.23. The molecule has 2 amide bonds. The van der Waals surface area contributed by atoms with E-state index in [1.807, 2.05) is 5.32 Å². The molecule has 0 aromatic rings. The minimum atomic E-state index is -4.45. The van der Waals surface area contributed by atoms with E-state index < -0.39 is 30.0 Å². The molecule has 0 aromatic carbocycles. The highest BCUT2D eigenvalue weighted by atomic mass is 35.5. The second-order valence-corrected chi connectivity index (χ2v) is 5.69. The van der Waals surface area contributed by atoms with Gasteiger partial charge in [0.1, 0.15) is 12.0 Å². The zero-order valence-electron chi connectivity index (χ0n) is 12.0. The lowest BCUT2D eigenvalue weighted by molar-refractivity contribution is -0.171. The third-order valence-electron chi connectivity index (χ3n) is 4.05. The Morgan fingerprint density at radius 2 is 2.00 bits per heavy atom. The zero-order valence-corrected chi connectivity index (χ0v) is 12.9. The van der Waals surface area contributed by atoms with Crippen LogP contribution < -0.4 is 16.0 Å². The number of hydrogen-bond donors (Lipinski definition) is 3. The normalized spacial score (nSPS) is 29.2. The number of alkyl halides is 3. The summed E-state index contributed by atoms with van der Waals surface area (Å²) in [7, 11) is 0. The van der Waals surface area contributed by atoms with Gasteiger partial charge in [-0.3, -0.25) is 9.59 Å². The van der Waals surface area contributed by atoms with Crippen LogP contribution in [0.3, 0.4) is 0 Å². The molecule has 128 valence electrons. The predicted octanol–water partition coefficient (Wildman–Crippen LogP) is 0.981. The van der Waals surface area contributed by atoms with E-state index in [1.165, 1.54) is 0 Å². The molecule has 0 aromatic heterocycles. The first kappa shape index (κ1) is 19.0. The van der Waals surface area contributed by atoms with E-state index in [2.05, 4.69) is 10.6 Å². The molecule has 0 aliphatic carbocycles. The molecule has 3 unspecified atom stereocenters. The van der Waals surface area contributed by atoms with Crippen LogP contribution >= 0.6 is 12.4 Å². The summed E-state index contributed by atoms with van der Waals surface area (Å²) in [5.74, 6) is -2.00. The van der Waals surface area contributed by atoms with Crippen LogP contribution in [0.15, 0.2) is 0 Å². The molecule has 2 rings (SSSR count). The average molecular weight is 344 g/mol. The van der Waals surface area contributed by atoms with E-state index in [4.69, 9.17) is 0 Å². The van der Waals surface area contributed by atoms with Crippen molar-refractivity contribution >= 4 is 24.2 Å². The van der Waals surface area contributed by atoms with Gasteiger partial charge in [0.05, 0.1) is 0 Å². The minimum absolute atomic E-state index is 0. The molecule has 0 radical (unpaired) electrons. The highest BCUT2D eigenvalue weighted by Crippen LogP contribution is 2.28. The Bertz CT molecular complexity index is 400. The topological polar surface area (TPSA) is 70.2 Å². The lowest BCUT2D eigenvalue weighted by Gasteiger charge is -2.30. The second-order valence-electron chi connectivity index (χ2n) is 5.69. The Labute approximate surface area is 133 Å². The summed E-state index contributed by atoms with van der Waals surface area (Å²) < 4.78 is 37.5. The van der Waals surface area contributed by atoms with E-state index in [0.717, 1.165) is 25.9 Å². The Hall–Kier alpha value is -1.02. The molecule has 3 N–H and O–H groups in total. The van der Waals surface area contributed by atoms with E-state index in [0.29, 0.717) is 12.5 Å². The Morgan fingerprint density at radius 1 is 1.27 bits per heavy atom. The quantitative estimate of drug-likeness (QED) is 0.669. The average Bonchev–Trinajstić information content (AvgIpc) is 2.45. The standard InChI is InChI=1S/C13H20F3N3O2.ClH/c14-13(15,16)10-4-3-9(12(21)19-10)11(20)18-7-8-2-1-5-17-6-8;/h8-10,17H,1-7H2,(H,18,20)(H,19,21);1H. The summed E-state index contributed by atoms with van der Waals surface area (Å²) in [6, 6.07) is -1.84. The van der Waals surface area contributed by atoms with Crippen LogP contribution in [0.2, 0.25) is 0 Å². The van der Waals surface area contributed by atoms with Gasteiger partial charge in [0, 0.05) is 6.54 Å². The van der Waals surface area contributed by atoms with Gasteiger partial charge in [-0.2, -0.15) is 13.2 Å². The third kappa shape index (κ3) is 5.01. The molecule has 0 spiro atoms. The van der Waals surface area contributed by atoms with Crippen molar-refractivity contribution in [2.45, 2.75) is 37.9 Å². The molecule has 2 aliphatic rings. The fourth-order valence-electron chi connectivity index (χ4n) is 2.77. The van der Waals surface area contributed by atoms with Crippen molar-refractivity contribution in [2.24, 2.45) is 11.8 Å². The largest absolute Gasteiger partial charge is 0.408 e. The number of carbonyl (C=O) groups excluding carboxylic acids is 2. The summed E-state index contributed by atoms with van der Waals surface area (Å²) in [5.41, 5.74) is 0. The Kier molecular flexibility index (Phi) is 6.93. The first-order chi connectivity index (χ1) is 9.88. The van der Waals surface area contributed by atoms with Gasteiger partial charge in [-0.05, 0) is 44.7 Å². The van der Waals surface area contributed by atoms with Gasteiger partial charge in [-0.15, -0.1) is 12.4 Å². The third-order valence-corrected chi connectivity index (χ3v) is 4.05. The number of rotatable bonds is 3. The van der Waals surface area contributed by atoms with Gasteiger partial charge in [-0.1, -0.05) is 0 Å². The van der Waals surface area contributed by atoms with E-state index in [-0.39, 0.29) is 25.2 Å². The lowest BCUT2D eigenvalue weighted by Crippen LogP contribution is -2.54. The second kappa shape index (κ2) is 8.01.